The molecule has 3 aromatic rings. The van der Waals surface area contributed by atoms with E-state index >= 15 is 0 Å². The van der Waals surface area contributed by atoms with Gasteiger partial charge in [0, 0.05) is 18.2 Å². The Morgan fingerprint density at radius 3 is 1.72 bits per heavy atom. The first kappa shape index (κ1) is 33.8. The summed E-state index contributed by atoms with van der Waals surface area (Å²) in [7, 11) is 0. The summed E-state index contributed by atoms with van der Waals surface area (Å²) in [5, 5.41) is 11.6. The first-order valence-electron chi connectivity index (χ1n) is 11.7. The molecule has 0 aliphatic rings. The molecule has 4 nitrogen and oxygen atoms in total. The van der Waals surface area contributed by atoms with Crippen LogP contribution in [0.5, 0.6) is 17.2 Å². The van der Waals surface area contributed by atoms with Crippen molar-refractivity contribution < 1.29 is 71.7 Å². The second-order valence-electron chi connectivity index (χ2n) is 8.87. The molecule has 43 heavy (non-hydrogen) atoms. The Morgan fingerprint density at radius 1 is 0.651 bits per heavy atom. The van der Waals surface area contributed by atoms with Crippen molar-refractivity contribution in [3.8, 4) is 17.2 Å². The second-order valence-corrected chi connectivity index (χ2v) is 8.87. The van der Waals surface area contributed by atoms with Gasteiger partial charge in [0.15, 0.2) is 6.10 Å². The van der Waals surface area contributed by atoms with Gasteiger partial charge in [-0.25, -0.2) is 0 Å². The molecule has 2 atom stereocenters. The van der Waals surface area contributed by atoms with Gasteiger partial charge in [0.1, 0.15) is 17.2 Å². The van der Waals surface area contributed by atoms with Crippen molar-refractivity contribution in [1.29, 1.82) is 0 Å². The molecule has 0 aliphatic heterocycles. The topological polar surface area (TPSA) is 50.7 Å². The molecule has 3 aromatic carbocycles. The Bertz CT molecular complexity index is 1390. The Kier molecular flexibility index (Phi) is 9.51. The molecule has 17 heteroatoms. The van der Waals surface area contributed by atoms with Gasteiger partial charge in [0.2, 0.25) is 0 Å². The average molecular weight is 639 g/mol. The Hall–Kier alpha value is -3.73. The van der Waals surface area contributed by atoms with E-state index in [1.165, 1.54) is 24.3 Å². The normalized spacial score (nSPS) is 14.7. The molecule has 0 saturated carbocycles. The first-order chi connectivity index (χ1) is 19.6. The van der Waals surface area contributed by atoms with Gasteiger partial charge in [-0.15, -0.1) is 13.2 Å². The van der Waals surface area contributed by atoms with E-state index in [1.807, 2.05) is 0 Å². The van der Waals surface area contributed by atoms with Crippen molar-refractivity contribution in [2.45, 2.75) is 42.7 Å². The predicted molar refractivity (Wildman–Crippen MR) is 123 cm³/mol. The molecule has 0 amide bonds. The van der Waals surface area contributed by atoms with Gasteiger partial charge < -0.3 is 19.9 Å². The van der Waals surface area contributed by atoms with Crippen LogP contribution in [0.15, 0.2) is 72.8 Å². The van der Waals surface area contributed by atoms with Crippen LogP contribution in [0, 0.1) is 0 Å². The number of rotatable bonds is 10. The summed E-state index contributed by atoms with van der Waals surface area (Å²) >= 11 is 0. The number of hydrogen-bond acceptors (Lipinski definition) is 4. The van der Waals surface area contributed by atoms with Crippen LogP contribution in [0.4, 0.5) is 57.1 Å². The van der Waals surface area contributed by atoms with E-state index in [0.717, 1.165) is 30.3 Å². The van der Waals surface area contributed by atoms with Crippen LogP contribution in [-0.2, 0) is 5.92 Å². The highest BCUT2D eigenvalue weighted by Crippen LogP contribution is 2.52. The lowest BCUT2D eigenvalue weighted by Crippen LogP contribution is -2.50. The molecule has 0 bridgehead atoms. The molecule has 236 valence electrons. The van der Waals surface area contributed by atoms with Crippen LogP contribution in [0.2, 0.25) is 0 Å². The van der Waals surface area contributed by atoms with Crippen molar-refractivity contribution >= 4 is 0 Å². The highest BCUT2D eigenvalue weighted by atomic mass is 19.4. The number of aliphatic hydroxyl groups is 1. The monoisotopic (exact) mass is 639 g/mol. The van der Waals surface area contributed by atoms with Crippen molar-refractivity contribution in [2.75, 3.05) is 6.54 Å². The van der Waals surface area contributed by atoms with Crippen molar-refractivity contribution in [2.24, 2.45) is 0 Å². The fourth-order valence-electron chi connectivity index (χ4n) is 3.67. The highest BCUT2D eigenvalue weighted by Gasteiger charge is 2.73. The molecular formula is C26H18F13NO3. The zero-order valence-corrected chi connectivity index (χ0v) is 21.0. The zero-order chi connectivity index (χ0) is 32.4. The maximum atomic E-state index is 14.4. The maximum Gasteiger partial charge on any atom is 0.573 e. The Balaban J connectivity index is 2.02. The number of halogens is 13. The van der Waals surface area contributed by atoms with Crippen LogP contribution >= 0.6 is 0 Å². The largest absolute Gasteiger partial charge is 0.573 e. The van der Waals surface area contributed by atoms with Crippen molar-refractivity contribution in [3.63, 3.8) is 0 Å². The average Bonchev–Trinajstić information content (AvgIpc) is 2.87. The molecule has 0 fully saturated rings. The van der Waals surface area contributed by atoms with Gasteiger partial charge in [-0.05, 0) is 41.5 Å². The summed E-state index contributed by atoms with van der Waals surface area (Å²) in [5.74, 6) is -13.4. The van der Waals surface area contributed by atoms with Gasteiger partial charge in [0.25, 0.3) is 0 Å². The minimum atomic E-state index is -6.66. The number of benzene rings is 3. The highest BCUT2D eigenvalue weighted by molar-refractivity contribution is 5.42. The molecule has 0 aromatic heterocycles. The summed E-state index contributed by atoms with van der Waals surface area (Å²) in [6.45, 7) is -1.28. The summed E-state index contributed by atoms with van der Waals surface area (Å²) in [4.78, 5) is 0. The van der Waals surface area contributed by atoms with Crippen LogP contribution in [0.1, 0.15) is 22.7 Å². The molecule has 0 spiro atoms. The number of alkyl halides is 13. The van der Waals surface area contributed by atoms with Gasteiger partial charge in [-0.3, -0.25) is 0 Å². The lowest BCUT2D eigenvalue weighted by atomic mass is 9.93. The minimum Gasteiger partial charge on any atom is -0.457 e. The Labute approximate surface area is 233 Å². The molecule has 2 unspecified atom stereocenters. The molecule has 2 N–H and O–H groups in total. The summed E-state index contributed by atoms with van der Waals surface area (Å²) in [6.07, 6.45) is -19.9. The minimum absolute atomic E-state index is 0.127. The number of ether oxygens (including phenoxy) is 2. The van der Waals surface area contributed by atoms with Crippen molar-refractivity contribution in [3.05, 3.63) is 89.5 Å². The lowest BCUT2D eigenvalue weighted by Gasteiger charge is -2.29. The Morgan fingerprint density at radius 2 is 1.16 bits per heavy atom. The third-order valence-electron chi connectivity index (χ3n) is 5.69. The molecule has 0 radical (unpaired) electrons. The van der Waals surface area contributed by atoms with E-state index in [4.69, 9.17) is 4.74 Å². The van der Waals surface area contributed by atoms with Crippen LogP contribution in [0.25, 0.3) is 0 Å². The third-order valence-corrected chi connectivity index (χ3v) is 5.69. The van der Waals surface area contributed by atoms with Crippen LogP contribution in [-0.4, -0.2) is 42.4 Å². The van der Waals surface area contributed by atoms with Gasteiger partial charge >= 0.3 is 30.6 Å². The standard InChI is InChI=1S/C26H18F13NO3/c27-22(28,24(32,33)25(34,35)36)16-6-1-4-14(10-16)21(40-13-20(41)23(29,30)31)15-5-2-7-17(11-15)42-18-8-3-9-19(12-18)43-26(37,38)39/h1-12,20-21,40-41H,13H2. The summed E-state index contributed by atoms with van der Waals surface area (Å²) in [5.41, 5.74) is -2.45. The molecule has 3 rings (SSSR count). The van der Waals surface area contributed by atoms with Gasteiger partial charge in [-0.1, -0.05) is 36.4 Å². The fraction of sp³-hybridized carbons (Fsp3) is 0.308. The maximum absolute atomic E-state index is 14.4. The molecule has 0 aliphatic carbocycles. The number of aliphatic hydroxyl groups excluding tert-OH is 1. The van der Waals surface area contributed by atoms with E-state index in [0.29, 0.717) is 6.07 Å². The van der Waals surface area contributed by atoms with E-state index in [9.17, 15) is 62.2 Å². The number of hydrogen-bond donors (Lipinski definition) is 2. The zero-order valence-electron chi connectivity index (χ0n) is 21.0. The second kappa shape index (κ2) is 12.1. The van der Waals surface area contributed by atoms with Crippen LogP contribution < -0.4 is 14.8 Å². The summed E-state index contributed by atoms with van der Waals surface area (Å²) < 4.78 is 180. The van der Waals surface area contributed by atoms with E-state index in [-0.39, 0.29) is 29.2 Å². The quantitative estimate of drug-likeness (QED) is 0.220. The van der Waals surface area contributed by atoms with E-state index in [1.54, 1.807) is 0 Å². The summed E-state index contributed by atoms with van der Waals surface area (Å²) in [6, 6.07) is 9.29. The molecular weight excluding hydrogens is 621 g/mol. The molecule has 0 heterocycles. The smallest absolute Gasteiger partial charge is 0.457 e. The van der Waals surface area contributed by atoms with Crippen LogP contribution in [0.3, 0.4) is 0 Å². The predicted octanol–water partition coefficient (Wildman–Crippen LogP) is 8.27. The first-order valence-corrected chi connectivity index (χ1v) is 11.7. The van der Waals surface area contributed by atoms with Gasteiger partial charge in [-0.2, -0.15) is 43.9 Å². The van der Waals surface area contributed by atoms with E-state index in [2.05, 4.69) is 10.1 Å². The SMILES string of the molecule is OC(CNC(c1cccc(Oc2cccc(OC(F)(F)F)c2)c1)c1cccc(C(F)(F)C(F)(F)C(F)(F)F)c1)C(F)(F)F. The molecule has 0 saturated heterocycles. The van der Waals surface area contributed by atoms with Crippen molar-refractivity contribution in [1.82, 2.24) is 5.32 Å². The third kappa shape index (κ3) is 8.22. The lowest BCUT2D eigenvalue weighted by molar-refractivity contribution is -0.359. The number of nitrogens with one attached hydrogen (secondary N) is 1. The van der Waals surface area contributed by atoms with E-state index < -0.39 is 66.1 Å². The fourth-order valence-corrected chi connectivity index (χ4v) is 3.67. The van der Waals surface area contributed by atoms with Gasteiger partial charge in [0.05, 0.1) is 6.04 Å².